The van der Waals surface area contributed by atoms with Gasteiger partial charge in [-0.3, -0.25) is 4.99 Å². The predicted molar refractivity (Wildman–Crippen MR) is 85.6 cm³/mol. The number of nitrogens with zero attached hydrogens (tertiary/aromatic N) is 3. The summed E-state index contributed by atoms with van der Waals surface area (Å²) >= 11 is 1.75. The SMILES string of the molecule is CCNC(=NCCc1ncc(C)s1)N(C)C.I. The summed E-state index contributed by atoms with van der Waals surface area (Å²) in [5, 5.41) is 4.40. The van der Waals surface area contributed by atoms with Gasteiger partial charge in [0.25, 0.3) is 0 Å². The number of aromatic nitrogens is 1. The fraction of sp³-hybridized carbons (Fsp3) is 0.636. The van der Waals surface area contributed by atoms with Gasteiger partial charge in [0.2, 0.25) is 0 Å². The average Bonchev–Trinajstić information content (AvgIpc) is 2.63. The van der Waals surface area contributed by atoms with E-state index in [2.05, 4.69) is 29.1 Å². The molecule has 1 heterocycles. The molecule has 6 heteroatoms. The molecule has 17 heavy (non-hydrogen) atoms. The van der Waals surface area contributed by atoms with Crippen molar-refractivity contribution < 1.29 is 0 Å². The van der Waals surface area contributed by atoms with E-state index < -0.39 is 0 Å². The number of hydrogen-bond acceptors (Lipinski definition) is 3. The lowest BCUT2D eigenvalue weighted by molar-refractivity contribution is 0.583. The van der Waals surface area contributed by atoms with E-state index in [0.717, 1.165) is 30.5 Å². The van der Waals surface area contributed by atoms with Crippen molar-refractivity contribution in [2.24, 2.45) is 4.99 Å². The summed E-state index contributed by atoms with van der Waals surface area (Å²) in [5.74, 6) is 0.941. The van der Waals surface area contributed by atoms with Gasteiger partial charge >= 0.3 is 0 Å². The normalized spacial score (nSPS) is 10.9. The molecule has 0 amide bonds. The zero-order valence-corrected chi connectivity index (χ0v) is 14.0. The van der Waals surface area contributed by atoms with Gasteiger partial charge in [-0.2, -0.15) is 0 Å². The van der Waals surface area contributed by atoms with Gasteiger partial charge in [0, 0.05) is 44.7 Å². The quantitative estimate of drug-likeness (QED) is 0.503. The number of nitrogens with one attached hydrogen (secondary N) is 1. The lowest BCUT2D eigenvalue weighted by Crippen LogP contribution is -2.36. The third-order valence-electron chi connectivity index (χ3n) is 2.01. The van der Waals surface area contributed by atoms with E-state index in [1.165, 1.54) is 4.88 Å². The molecule has 0 aromatic carbocycles. The lowest BCUT2D eigenvalue weighted by atomic mass is 10.4. The maximum absolute atomic E-state index is 4.52. The number of halogens is 1. The third-order valence-corrected chi connectivity index (χ3v) is 2.99. The van der Waals surface area contributed by atoms with Crippen LogP contribution in [-0.2, 0) is 6.42 Å². The lowest BCUT2D eigenvalue weighted by Gasteiger charge is -2.16. The monoisotopic (exact) mass is 368 g/mol. The van der Waals surface area contributed by atoms with Gasteiger partial charge in [0.15, 0.2) is 5.96 Å². The maximum atomic E-state index is 4.52. The molecule has 4 nitrogen and oxygen atoms in total. The van der Waals surface area contributed by atoms with Crippen LogP contribution < -0.4 is 5.32 Å². The predicted octanol–water partition coefficient (Wildman–Crippen LogP) is 2.14. The number of rotatable bonds is 4. The Bertz CT molecular complexity index is 349. The molecule has 0 radical (unpaired) electrons. The van der Waals surface area contributed by atoms with Gasteiger partial charge in [-0.25, -0.2) is 4.98 Å². The van der Waals surface area contributed by atoms with E-state index in [1.807, 2.05) is 25.2 Å². The summed E-state index contributed by atoms with van der Waals surface area (Å²) in [5.41, 5.74) is 0. The average molecular weight is 368 g/mol. The van der Waals surface area contributed by atoms with Crippen LogP contribution in [-0.4, -0.2) is 43.0 Å². The van der Waals surface area contributed by atoms with Gasteiger partial charge in [0.05, 0.1) is 5.01 Å². The van der Waals surface area contributed by atoms with Crippen molar-refractivity contribution in [1.82, 2.24) is 15.2 Å². The van der Waals surface area contributed by atoms with Gasteiger partial charge < -0.3 is 10.2 Å². The Morgan fingerprint density at radius 3 is 2.71 bits per heavy atom. The maximum Gasteiger partial charge on any atom is 0.193 e. The van der Waals surface area contributed by atoms with Crippen LogP contribution in [0.25, 0.3) is 0 Å². The van der Waals surface area contributed by atoms with Gasteiger partial charge in [0.1, 0.15) is 0 Å². The molecule has 1 aromatic heterocycles. The largest absolute Gasteiger partial charge is 0.357 e. The van der Waals surface area contributed by atoms with Crippen molar-refractivity contribution >= 4 is 41.3 Å². The van der Waals surface area contributed by atoms with E-state index in [-0.39, 0.29) is 24.0 Å². The molecule has 0 aliphatic rings. The highest BCUT2D eigenvalue weighted by Crippen LogP contribution is 2.11. The molecule has 0 atom stereocenters. The first kappa shape index (κ1) is 16.6. The fourth-order valence-electron chi connectivity index (χ4n) is 1.29. The highest BCUT2D eigenvalue weighted by molar-refractivity contribution is 14.0. The van der Waals surface area contributed by atoms with E-state index >= 15 is 0 Å². The second-order valence-corrected chi connectivity index (χ2v) is 5.06. The molecule has 0 spiro atoms. The molecule has 0 aliphatic carbocycles. The number of aliphatic imine (C=N–C) groups is 1. The van der Waals surface area contributed by atoms with E-state index in [9.17, 15) is 0 Å². The highest BCUT2D eigenvalue weighted by atomic mass is 127. The van der Waals surface area contributed by atoms with Crippen LogP contribution in [0.3, 0.4) is 0 Å². The van der Waals surface area contributed by atoms with Crippen molar-refractivity contribution in [2.75, 3.05) is 27.2 Å². The smallest absolute Gasteiger partial charge is 0.193 e. The zero-order valence-electron chi connectivity index (χ0n) is 10.9. The van der Waals surface area contributed by atoms with Crippen LogP contribution >= 0.6 is 35.3 Å². The first-order chi connectivity index (χ1) is 7.63. The minimum atomic E-state index is 0. The molecule has 1 N–H and O–H groups in total. The van der Waals surface area contributed by atoms with Crippen LogP contribution in [0.2, 0.25) is 0 Å². The minimum Gasteiger partial charge on any atom is -0.357 e. The summed E-state index contributed by atoms with van der Waals surface area (Å²) in [4.78, 5) is 12.1. The molecule has 0 fully saturated rings. The van der Waals surface area contributed by atoms with E-state index in [4.69, 9.17) is 0 Å². The van der Waals surface area contributed by atoms with Crippen LogP contribution in [0.5, 0.6) is 0 Å². The molecule has 0 bridgehead atoms. The van der Waals surface area contributed by atoms with Crippen LogP contribution in [0.15, 0.2) is 11.2 Å². The molecular weight excluding hydrogens is 347 g/mol. The van der Waals surface area contributed by atoms with Gasteiger partial charge in [-0.15, -0.1) is 35.3 Å². The zero-order chi connectivity index (χ0) is 12.0. The van der Waals surface area contributed by atoms with Crippen molar-refractivity contribution in [3.8, 4) is 0 Å². The van der Waals surface area contributed by atoms with Crippen molar-refractivity contribution in [3.63, 3.8) is 0 Å². The molecule has 0 saturated carbocycles. The molecule has 0 unspecified atom stereocenters. The van der Waals surface area contributed by atoms with Crippen LogP contribution in [0, 0.1) is 6.92 Å². The Hall–Kier alpha value is -0.370. The Balaban J connectivity index is 0.00000256. The minimum absolute atomic E-state index is 0. The summed E-state index contributed by atoms with van der Waals surface area (Å²) in [6, 6.07) is 0. The molecule has 1 rings (SSSR count). The highest BCUT2D eigenvalue weighted by Gasteiger charge is 2.00. The molecular formula is C11H21IN4S. The van der Waals surface area contributed by atoms with Crippen LogP contribution in [0.1, 0.15) is 16.8 Å². The second kappa shape index (κ2) is 8.68. The number of thiazole rings is 1. The first-order valence-electron chi connectivity index (χ1n) is 5.50. The summed E-state index contributed by atoms with van der Waals surface area (Å²) < 4.78 is 0. The second-order valence-electron chi connectivity index (χ2n) is 3.74. The first-order valence-corrected chi connectivity index (χ1v) is 6.32. The van der Waals surface area contributed by atoms with Crippen molar-refractivity contribution in [1.29, 1.82) is 0 Å². The summed E-state index contributed by atoms with van der Waals surface area (Å²) in [6.45, 7) is 5.83. The number of guanidine groups is 1. The standard InChI is InChI=1S/C11H20N4S.HI/c1-5-12-11(15(3)4)13-7-6-10-14-8-9(2)16-10;/h8H,5-7H2,1-4H3,(H,12,13);1H. The topological polar surface area (TPSA) is 40.5 Å². The Morgan fingerprint density at radius 1 is 1.53 bits per heavy atom. The summed E-state index contributed by atoms with van der Waals surface area (Å²) in [6.07, 6.45) is 2.84. The van der Waals surface area contributed by atoms with Gasteiger partial charge in [-0.05, 0) is 13.8 Å². The fourth-order valence-corrected chi connectivity index (χ4v) is 2.06. The van der Waals surface area contributed by atoms with E-state index in [1.54, 1.807) is 11.3 Å². The van der Waals surface area contributed by atoms with Crippen molar-refractivity contribution in [3.05, 3.63) is 16.1 Å². The Kier molecular flexibility index (Phi) is 8.49. The van der Waals surface area contributed by atoms with Crippen molar-refractivity contribution in [2.45, 2.75) is 20.3 Å². The number of aryl methyl sites for hydroxylation is 1. The summed E-state index contributed by atoms with van der Waals surface area (Å²) in [7, 11) is 3.99. The van der Waals surface area contributed by atoms with Gasteiger partial charge in [-0.1, -0.05) is 0 Å². The number of hydrogen-bond donors (Lipinski definition) is 1. The molecule has 98 valence electrons. The Labute approximate surface area is 125 Å². The van der Waals surface area contributed by atoms with Crippen LogP contribution in [0.4, 0.5) is 0 Å². The third kappa shape index (κ3) is 6.21. The molecule has 0 saturated heterocycles. The van der Waals surface area contributed by atoms with E-state index in [0.29, 0.717) is 0 Å². The Morgan fingerprint density at radius 2 is 2.24 bits per heavy atom. The molecule has 1 aromatic rings. The molecule has 0 aliphatic heterocycles.